The average Bonchev–Trinajstić information content (AvgIpc) is 3.49. The van der Waals surface area contributed by atoms with Crippen LogP contribution < -0.4 is 5.46 Å². The Balaban J connectivity index is 1.45. The van der Waals surface area contributed by atoms with Crippen LogP contribution in [0.5, 0.6) is 0 Å². The predicted octanol–water partition coefficient (Wildman–Crippen LogP) is 7.76. The number of hydrogen-bond donors (Lipinski definition) is 0. The first kappa shape index (κ1) is 20.4. The monoisotopic (exact) mass is 471 g/mol. The maximum absolute atomic E-state index is 6.15. The molecule has 0 aliphatic rings. The topological polar surface area (TPSA) is 18.1 Å². The maximum Gasteiger partial charge on any atom is 0.140 e. The van der Waals surface area contributed by atoms with Gasteiger partial charge in [-0.15, -0.1) is 0 Å². The highest BCUT2D eigenvalue weighted by Crippen LogP contribution is 2.39. The number of para-hydroxylation sites is 1. The summed E-state index contributed by atoms with van der Waals surface area (Å²) in [5.74, 6) is 0. The van der Waals surface area contributed by atoms with Crippen molar-refractivity contribution in [3.8, 4) is 16.8 Å². The van der Waals surface area contributed by atoms with E-state index in [2.05, 4.69) is 134 Å². The molecule has 0 unspecified atom stereocenters. The lowest BCUT2D eigenvalue weighted by atomic mass is 9.90. The van der Waals surface area contributed by atoms with Crippen LogP contribution in [-0.4, -0.2) is 12.4 Å². The number of rotatable bonds is 2. The van der Waals surface area contributed by atoms with Gasteiger partial charge in [0, 0.05) is 27.2 Å². The van der Waals surface area contributed by atoms with Gasteiger partial charge in [-0.3, -0.25) is 0 Å². The lowest BCUT2D eigenvalue weighted by molar-refractivity contribution is 0.669. The SMILES string of the molecule is Bc1cccc2oc3ccc(-c4ccc5c6c7ccccc7ccc6n(-c6ccccc6)c5c4)cc3c12. The molecule has 0 N–H and O–H groups in total. The quantitative estimate of drug-likeness (QED) is 0.236. The van der Waals surface area contributed by atoms with Gasteiger partial charge in [-0.25, -0.2) is 0 Å². The van der Waals surface area contributed by atoms with E-state index in [1.807, 2.05) is 0 Å². The van der Waals surface area contributed by atoms with E-state index < -0.39 is 0 Å². The summed E-state index contributed by atoms with van der Waals surface area (Å²) in [4.78, 5) is 0. The molecule has 0 aliphatic carbocycles. The molecule has 0 radical (unpaired) electrons. The molecule has 6 aromatic carbocycles. The molecular formula is C34H22BNO. The van der Waals surface area contributed by atoms with Crippen LogP contribution in [0.25, 0.3) is 71.3 Å². The predicted molar refractivity (Wildman–Crippen MR) is 159 cm³/mol. The third kappa shape index (κ3) is 2.95. The van der Waals surface area contributed by atoms with Crippen molar-refractivity contribution in [3.05, 3.63) is 121 Å². The maximum atomic E-state index is 6.15. The van der Waals surface area contributed by atoms with Gasteiger partial charge in [-0.2, -0.15) is 0 Å². The second-order valence-electron chi connectivity index (χ2n) is 9.84. The van der Waals surface area contributed by atoms with Gasteiger partial charge in [0.1, 0.15) is 19.0 Å². The summed E-state index contributed by atoms with van der Waals surface area (Å²) >= 11 is 0. The molecule has 2 nitrogen and oxygen atoms in total. The molecule has 2 heterocycles. The van der Waals surface area contributed by atoms with E-state index in [-0.39, 0.29) is 0 Å². The molecule has 0 amide bonds. The van der Waals surface area contributed by atoms with Crippen molar-refractivity contribution in [2.24, 2.45) is 0 Å². The highest BCUT2D eigenvalue weighted by molar-refractivity contribution is 6.41. The van der Waals surface area contributed by atoms with Crippen LogP contribution in [0.3, 0.4) is 0 Å². The van der Waals surface area contributed by atoms with Gasteiger partial charge >= 0.3 is 0 Å². The van der Waals surface area contributed by atoms with Crippen molar-refractivity contribution in [2.75, 3.05) is 0 Å². The van der Waals surface area contributed by atoms with Crippen molar-refractivity contribution >= 4 is 67.8 Å². The zero-order valence-electron chi connectivity index (χ0n) is 20.4. The zero-order chi connectivity index (χ0) is 24.5. The summed E-state index contributed by atoms with van der Waals surface area (Å²) in [7, 11) is 2.15. The minimum Gasteiger partial charge on any atom is -0.456 e. The van der Waals surface area contributed by atoms with E-state index in [0.29, 0.717) is 0 Å². The van der Waals surface area contributed by atoms with Crippen LogP contribution in [0.1, 0.15) is 0 Å². The third-order valence-electron chi connectivity index (χ3n) is 7.71. The van der Waals surface area contributed by atoms with Gasteiger partial charge < -0.3 is 8.98 Å². The van der Waals surface area contributed by atoms with Crippen molar-refractivity contribution in [3.63, 3.8) is 0 Å². The molecule has 3 heteroatoms. The first-order valence-electron chi connectivity index (χ1n) is 12.7. The Labute approximate surface area is 214 Å². The second kappa shape index (κ2) is 7.62. The first-order chi connectivity index (χ1) is 18.3. The smallest absolute Gasteiger partial charge is 0.140 e. The van der Waals surface area contributed by atoms with Crippen LogP contribution in [0, 0.1) is 0 Å². The van der Waals surface area contributed by atoms with E-state index >= 15 is 0 Å². The van der Waals surface area contributed by atoms with Crippen LogP contribution >= 0.6 is 0 Å². The largest absolute Gasteiger partial charge is 0.456 e. The van der Waals surface area contributed by atoms with Gasteiger partial charge in [-0.1, -0.05) is 84.3 Å². The summed E-state index contributed by atoms with van der Waals surface area (Å²) in [6, 6.07) is 43.5. The number of fused-ring (bicyclic) bond motifs is 8. The van der Waals surface area contributed by atoms with E-state index in [1.165, 1.54) is 65.6 Å². The lowest BCUT2D eigenvalue weighted by Crippen LogP contribution is -2.01. The Kier molecular flexibility index (Phi) is 4.21. The fraction of sp³-hybridized carbons (Fsp3) is 0. The van der Waals surface area contributed by atoms with E-state index in [0.717, 1.165) is 11.2 Å². The third-order valence-corrected chi connectivity index (χ3v) is 7.71. The Bertz CT molecular complexity index is 2150. The van der Waals surface area contributed by atoms with Crippen LogP contribution in [0.15, 0.2) is 126 Å². The van der Waals surface area contributed by atoms with Gasteiger partial charge in [0.15, 0.2) is 0 Å². The van der Waals surface area contributed by atoms with Crippen molar-refractivity contribution in [2.45, 2.75) is 0 Å². The molecule has 0 fully saturated rings. The molecule has 0 atom stereocenters. The summed E-state index contributed by atoms with van der Waals surface area (Å²) in [5.41, 5.74) is 9.10. The number of hydrogen-bond acceptors (Lipinski definition) is 1. The van der Waals surface area contributed by atoms with Gasteiger partial charge in [0.25, 0.3) is 0 Å². The van der Waals surface area contributed by atoms with Crippen LogP contribution in [0.2, 0.25) is 0 Å². The summed E-state index contributed by atoms with van der Waals surface area (Å²) in [6.45, 7) is 0. The summed E-state index contributed by atoms with van der Waals surface area (Å²) in [5, 5.41) is 7.49. The summed E-state index contributed by atoms with van der Waals surface area (Å²) < 4.78 is 8.55. The summed E-state index contributed by atoms with van der Waals surface area (Å²) in [6.07, 6.45) is 0. The first-order valence-corrected chi connectivity index (χ1v) is 12.7. The molecule has 8 rings (SSSR count). The Morgan fingerprint density at radius 1 is 0.514 bits per heavy atom. The molecule has 8 aromatic rings. The normalized spacial score (nSPS) is 11.9. The highest BCUT2D eigenvalue weighted by atomic mass is 16.3. The zero-order valence-corrected chi connectivity index (χ0v) is 20.4. The molecule has 0 bridgehead atoms. The number of aromatic nitrogens is 1. The molecule has 37 heavy (non-hydrogen) atoms. The molecule has 0 saturated carbocycles. The highest BCUT2D eigenvalue weighted by Gasteiger charge is 2.16. The molecule has 0 aliphatic heterocycles. The Morgan fingerprint density at radius 2 is 1.32 bits per heavy atom. The van der Waals surface area contributed by atoms with Crippen LogP contribution in [0.4, 0.5) is 0 Å². The van der Waals surface area contributed by atoms with E-state index in [9.17, 15) is 0 Å². The molecule has 0 spiro atoms. The number of benzene rings is 6. The van der Waals surface area contributed by atoms with Gasteiger partial charge in [-0.05, 0) is 64.4 Å². The standard InChI is InChI=1S/C34H22BNO/c35-28-11-6-12-32-34(28)27-19-22(15-18-31(27)37-32)23-13-16-26-30(20-23)36(24-8-2-1-3-9-24)29-17-14-21-7-4-5-10-25(21)33(26)29/h1-20H,35H2. The van der Waals surface area contributed by atoms with Gasteiger partial charge in [0.05, 0.1) is 11.0 Å². The van der Waals surface area contributed by atoms with Crippen molar-refractivity contribution in [1.29, 1.82) is 0 Å². The molecule has 0 saturated heterocycles. The van der Waals surface area contributed by atoms with Crippen molar-refractivity contribution in [1.82, 2.24) is 4.57 Å². The lowest BCUT2D eigenvalue weighted by Gasteiger charge is -2.09. The minimum absolute atomic E-state index is 0.930. The van der Waals surface area contributed by atoms with E-state index in [4.69, 9.17) is 4.42 Å². The second-order valence-corrected chi connectivity index (χ2v) is 9.84. The minimum atomic E-state index is 0.930. The molecule has 2 aromatic heterocycles. The molecule has 172 valence electrons. The fourth-order valence-electron chi connectivity index (χ4n) is 6.01. The Morgan fingerprint density at radius 3 is 2.24 bits per heavy atom. The van der Waals surface area contributed by atoms with Gasteiger partial charge in [0.2, 0.25) is 0 Å². The average molecular weight is 471 g/mol. The number of furan rings is 1. The Hall–Kier alpha value is -4.76. The van der Waals surface area contributed by atoms with Crippen LogP contribution in [-0.2, 0) is 0 Å². The van der Waals surface area contributed by atoms with E-state index in [1.54, 1.807) is 0 Å². The molecular weight excluding hydrogens is 449 g/mol. The van der Waals surface area contributed by atoms with Crippen molar-refractivity contribution < 1.29 is 4.42 Å². The number of nitrogens with zero attached hydrogens (tertiary/aromatic N) is 1. The fourth-order valence-corrected chi connectivity index (χ4v) is 6.01.